The summed E-state index contributed by atoms with van der Waals surface area (Å²) in [6.45, 7) is 4.81. The van der Waals surface area contributed by atoms with Crippen molar-refractivity contribution in [2.24, 2.45) is 0 Å². The van der Waals surface area contributed by atoms with Crippen LogP contribution in [0, 0.1) is 17.0 Å². The molecule has 0 aliphatic carbocycles. The molecule has 19 heavy (non-hydrogen) atoms. The molecule has 1 amide bonds. The van der Waals surface area contributed by atoms with Crippen molar-refractivity contribution in [3.8, 4) is 0 Å². The first-order valence-corrected chi connectivity index (χ1v) is 6.30. The summed E-state index contributed by atoms with van der Waals surface area (Å²) in [7, 11) is 0. The fourth-order valence-corrected chi connectivity index (χ4v) is 1.61. The quantitative estimate of drug-likeness (QED) is 0.585. The van der Waals surface area contributed by atoms with E-state index in [9.17, 15) is 14.9 Å². The number of nitro benzene ring substituents is 1. The van der Waals surface area contributed by atoms with Crippen LogP contribution in [-0.4, -0.2) is 23.9 Å². The number of nitro groups is 1. The Morgan fingerprint density at radius 3 is 2.74 bits per heavy atom. The van der Waals surface area contributed by atoms with Gasteiger partial charge in [-0.05, 0) is 25.0 Å². The van der Waals surface area contributed by atoms with Gasteiger partial charge in [-0.1, -0.05) is 13.0 Å². The van der Waals surface area contributed by atoms with Gasteiger partial charge in [0, 0.05) is 25.6 Å². The molecular weight excluding hydrogens is 246 g/mol. The third-order valence-corrected chi connectivity index (χ3v) is 2.59. The molecule has 0 heterocycles. The molecule has 0 bridgehead atoms. The lowest BCUT2D eigenvalue weighted by molar-refractivity contribution is -0.384. The lowest BCUT2D eigenvalue weighted by atomic mass is 10.2. The minimum Gasteiger partial charge on any atom is -0.379 e. The van der Waals surface area contributed by atoms with Gasteiger partial charge in [0.15, 0.2) is 0 Å². The van der Waals surface area contributed by atoms with Gasteiger partial charge in [-0.2, -0.15) is 0 Å². The second-order valence-corrected chi connectivity index (χ2v) is 4.30. The van der Waals surface area contributed by atoms with Crippen molar-refractivity contribution in [2.75, 3.05) is 18.4 Å². The van der Waals surface area contributed by atoms with Gasteiger partial charge in [-0.3, -0.25) is 14.9 Å². The number of anilines is 1. The number of benzene rings is 1. The average Bonchev–Trinajstić information content (AvgIpc) is 2.37. The number of aryl methyl sites for hydroxylation is 1. The summed E-state index contributed by atoms with van der Waals surface area (Å²) >= 11 is 0. The van der Waals surface area contributed by atoms with E-state index < -0.39 is 4.92 Å². The summed E-state index contributed by atoms with van der Waals surface area (Å²) in [5.41, 5.74) is 1.31. The van der Waals surface area contributed by atoms with Crippen molar-refractivity contribution in [3.05, 3.63) is 33.9 Å². The van der Waals surface area contributed by atoms with Crippen LogP contribution in [0.4, 0.5) is 11.4 Å². The van der Waals surface area contributed by atoms with Crippen LogP contribution in [0.3, 0.4) is 0 Å². The number of carbonyl (C=O) groups excluding carboxylic acids is 1. The summed E-state index contributed by atoms with van der Waals surface area (Å²) in [6.07, 6.45) is 1.19. The number of amides is 1. The Morgan fingerprint density at radius 2 is 2.11 bits per heavy atom. The Balaban J connectivity index is 2.53. The molecule has 0 fully saturated rings. The number of carbonyl (C=O) groups is 1. The van der Waals surface area contributed by atoms with E-state index in [1.54, 1.807) is 19.1 Å². The third-order valence-electron chi connectivity index (χ3n) is 2.59. The van der Waals surface area contributed by atoms with Crippen LogP contribution in [-0.2, 0) is 4.79 Å². The highest BCUT2D eigenvalue weighted by Crippen LogP contribution is 2.24. The highest BCUT2D eigenvalue weighted by atomic mass is 16.6. The van der Waals surface area contributed by atoms with Crippen LogP contribution in [0.25, 0.3) is 0 Å². The summed E-state index contributed by atoms with van der Waals surface area (Å²) in [5, 5.41) is 16.6. The van der Waals surface area contributed by atoms with Gasteiger partial charge >= 0.3 is 0 Å². The van der Waals surface area contributed by atoms with Crippen molar-refractivity contribution in [2.45, 2.75) is 26.7 Å². The van der Waals surface area contributed by atoms with E-state index in [4.69, 9.17) is 0 Å². The fraction of sp³-hybridized carbons (Fsp3) is 0.462. The Bertz CT molecular complexity index is 460. The third kappa shape index (κ3) is 4.95. The number of hydrogen-bond acceptors (Lipinski definition) is 4. The zero-order valence-electron chi connectivity index (χ0n) is 11.2. The predicted molar refractivity (Wildman–Crippen MR) is 74.2 cm³/mol. The number of rotatable bonds is 7. The molecule has 0 unspecified atom stereocenters. The molecule has 0 aliphatic rings. The molecule has 0 saturated heterocycles. The Kier molecular flexibility index (Phi) is 5.78. The van der Waals surface area contributed by atoms with E-state index in [2.05, 4.69) is 10.6 Å². The topological polar surface area (TPSA) is 84.3 Å². The lowest BCUT2D eigenvalue weighted by Gasteiger charge is -2.08. The summed E-state index contributed by atoms with van der Waals surface area (Å²) in [6, 6.07) is 4.98. The molecule has 1 rings (SSSR count). The van der Waals surface area contributed by atoms with E-state index >= 15 is 0 Å². The lowest BCUT2D eigenvalue weighted by Crippen LogP contribution is -2.25. The Hall–Kier alpha value is -2.11. The molecule has 1 aromatic carbocycles. The van der Waals surface area contributed by atoms with Gasteiger partial charge < -0.3 is 10.6 Å². The Labute approximate surface area is 112 Å². The largest absolute Gasteiger partial charge is 0.379 e. The van der Waals surface area contributed by atoms with Gasteiger partial charge in [0.25, 0.3) is 5.69 Å². The minimum absolute atomic E-state index is 0.0361. The van der Waals surface area contributed by atoms with Crippen LogP contribution in [0.2, 0.25) is 0 Å². The zero-order valence-corrected chi connectivity index (χ0v) is 11.2. The standard InChI is InChI=1S/C13H19N3O3/c1-3-7-15-13(17)6-8-14-11-5-4-10(2)9-12(11)16(18)19/h4-5,9,14H,3,6-8H2,1-2H3,(H,15,17). The van der Waals surface area contributed by atoms with Gasteiger partial charge in [-0.15, -0.1) is 0 Å². The molecule has 0 spiro atoms. The summed E-state index contributed by atoms with van der Waals surface area (Å²) < 4.78 is 0. The molecule has 0 atom stereocenters. The van der Waals surface area contributed by atoms with E-state index in [1.807, 2.05) is 6.92 Å². The van der Waals surface area contributed by atoms with Crippen LogP contribution in [0.5, 0.6) is 0 Å². The van der Waals surface area contributed by atoms with Gasteiger partial charge in [-0.25, -0.2) is 0 Å². The molecule has 2 N–H and O–H groups in total. The minimum atomic E-state index is -0.424. The molecule has 0 aromatic heterocycles. The molecule has 104 valence electrons. The second-order valence-electron chi connectivity index (χ2n) is 4.30. The molecule has 0 radical (unpaired) electrons. The van der Waals surface area contributed by atoms with E-state index in [0.717, 1.165) is 12.0 Å². The smallest absolute Gasteiger partial charge is 0.292 e. The first-order valence-electron chi connectivity index (χ1n) is 6.30. The molecule has 6 nitrogen and oxygen atoms in total. The maximum absolute atomic E-state index is 11.4. The Morgan fingerprint density at radius 1 is 1.37 bits per heavy atom. The molecule has 0 saturated carbocycles. The summed E-state index contributed by atoms with van der Waals surface area (Å²) in [4.78, 5) is 21.9. The molecule has 0 aliphatic heterocycles. The highest BCUT2D eigenvalue weighted by Gasteiger charge is 2.13. The SMILES string of the molecule is CCCNC(=O)CCNc1ccc(C)cc1[N+](=O)[O-]. The second kappa shape index (κ2) is 7.35. The first-order chi connectivity index (χ1) is 9.04. The van der Waals surface area contributed by atoms with Crippen molar-refractivity contribution < 1.29 is 9.72 Å². The van der Waals surface area contributed by atoms with E-state index in [0.29, 0.717) is 25.2 Å². The maximum atomic E-state index is 11.4. The normalized spacial score (nSPS) is 10.0. The first kappa shape index (κ1) is 14.9. The number of hydrogen-bond donors (Lipinski definition) is 2. The fourth-order valence-electron chi connectivity index (χ4n) is 1.61. The monoisotopic (exact) mass is 265 g/mol. The van der Waals surface area contributed by atoms with Crippen molar-refractivity contribution in [3.63, 3.8) is 0 Å². The van der Waals surface area contributed by atoms with Crippen LogP contribution in [0.15, 0.2) is 18.2 Å². The zero-order chi connectivity index (χ0) is 14.3. The van der Waals surface area contributed by atoms with Gasteiger partial charge in [0.2, 0.25) is 5.91 Å². The molecular formula is C13H19N3O3. The van der Waals surface area contributed by atoms with Crippen LogP contribution in [0.1, 0.15) is 25.3 Å². The summed E-state index contributed by atoms with van der Waals surface area (Å²) in [5.74, 6) is -0.0517. The molecule has 1 aromatic rings. The van der Waals surface area contributed by atoms with E-state index in [-0.39, 0.29) is 11.6 Å². The van der Waals surface area contributed by atoms with Crippen LogP contribution < -0.4 is 10.6 Å². The van der Waals surface area contributed by atoms with Crippen molar-refractivity contribution in [1.29, 1.82) is 0 Å². The van der Waals surface area contributed by atoms with Gasteiger partial charge in [0.05, 0.1) is 4.92 Å². The maximum Gasteiger partial charge on any atom is 0.292 e. The van der Waals surface area contributed by atoms with Crippen LogP contribution >= 0.6 is 0 Å². The molecule has 6 heteroatoms. The van der Waals surface area contributed by atoms with E-state index in [1.165, 1.54) is 6.07 Å². The predicted octanol–water partition coefficient (Wildman–Crippen LogP) is 2.23. The van der Waals surface area contributed by atoms with Crippen molar-refractivity contribution >= 4 is 17.3 Å². The van der Waals surface area contributed by atoms with Gasteiger partial charge in [0.1, 0.15) is 5.69 Å². The number of nitrogens with zero attached hydrogens (tertiary/aromatic N) is 1. The highest BCUT2D eigenvalue weighted by molar-refractivity contribution is 5.76. The number of nitrogens with one attached hydrogen (secondary N) is 2. The van der Waals surface area contributed by atoms with Crippen molar-refractivity contribution in [1.82, 2.24) is 5.32 Å². The average molecular weight is 265 g/mol.